The van der Waals surface area contributed by atoms with Gasteiger partial charge in [-0.05, 0) is 56.4 Å². The third-order valence-electron chi connectivity index (χ3n) is 5.21. The number of likely N-dealkylation sites (tertiary alicyclic amines) is 2. The highest BCUT2D eigenvalue weighted by Gasteiger charge is 2.52. The second-order valence-electron chi connectivity index (χ2n) is 6.68. The second kappa shape index (κ2) is 6.73. The highest BCUT2D eigenvalue weighted by atomic mass is 35.5. The van der Waals surface area contributed by atoms with E-state index in [9.17, 15) is 14.7 Å². The van der Waals surface area contributed by atoms with E-state index in [4.69, 9.17) is 11.6 Å². The number of carbonyl (C=O) groups excluding carboxylic acids is 2. The highest BCUT2D eigenvalue weighted by Crippen LogP contribution is 2.39. The summed E-state index contributed by atoms with van der Waals surface area (Å²) in [6.07, 6.45) is 3.09. The van der Waals surface area contributed by atoms with Crippen molar-refractivity contribution in [3.8, 4) is 0 Å². The maximum absolute atomic E-state index is 13.1. The molecule has 2 heterocycles. The minimum Gasteiger partial charge on any atom is -0.395 e. The van der Waals surface area contributed by atoms with Crippen molar-refractivity contribution in [3.05, 3.63) is 34.3 Å². The fourth-order valence-electron chi connectivity index (χ4n) is 3.99. The van der Waals surface area contributed by atoms with Gasteiger partial charge in [-0.3, -0.25) is 9.59 Å². The van der Waals surface area contributed by atoms with E-state index < -0.39 is 5.54 Å². The Kier molecular flexibility index (Phi) is 4.83. The van der Waals surface area contributed by atoms with Gasteiger partial charge in [-0.1, -0.05) is 11.6 Å². The second-order valence-corrected chi connectivity index (χ2v) is 7.08. The van der Waals surface area contributed by atoms with E-state index in [1.807, 2.05) is 6.92 Å². The summed E-state index contributed by atoms with van der Waals surface area (Å²) in [4.78, 5) is 29.5. The zero-order valence-corrected chi connectivity index (χ0v) is 14.7. The van der Waals surface area contributed by atoms with Gasteiger partial charge >= 0.3 is 0 Å². The van der Waals surface area contributed by atoms with Crippen LogP contribution in [0.3, 0.4) is 0 Å². The Bertz CT molecular complexity index is 662. The maximum Gasteiger partial charge on any atom is 0.254 e. The van der Waals surface area contributed by atoms with Gasteiger partial charge in [-0.2, -0.15) is 0 Å². The zero-order valence-electron chi connectivity index (χ0n) is 13.9. The first-order valence-electron chi connectivity index (χ1n) is 8.48. The Labute approximate surface area is 147 Å². The van der Waals surface area contributed by atoms with Crippen molar-refractivity contribution in [3.63, 3.8) is 0 Å². The van der Waals surface area contributed by atoms with Gasteiger partial charge < -0.3 is 14.9 Å². The number of piperidine rings is 1. The summed E-state index contributed by atoms with van der Waals surface area (Å²) in [6, 6.07) is 5.24. The summed E-state index contributed by atoms with van der Waals surface area (Å²) in [6.45, 7) is 3.41. The molecule has 2 saturated heterocycles. The lowest BCUT2D eigenvalue weighted by molar-refractivity contribution is -0.146. The molecule has 3 rings (SSSR count). The molecule has 2 aliphatic rings. The minimum atomic E-state index is -0.738. The van der Waals surface area contributed by atoms with E-state index >= 15 is 0 Å². The number of carbonyl (C=O) groups is 2. The molecule has 5 nitrogen and oxygen atoms in total. The summed E-state index contributed by atoms with van der Waals surface area (Å²) in [5.74, 6) is -0.120. The molecular weight excluding hydrogens is 328 g/mol. The van der Waals surface area contributed by atoms with E-state index in [1.54, 1.807) is 28.0 Å². The van der Waals surface area contributed by atoms with Crippen molar-refractivity contribution in [1.29, 1.82) is 0 Å². The lowest BCUT2D eigenvalue weighted by Crippen LogP contribution is -2.61. The zero-order chi connectivity index (χ0) is 17.3. The van der Waals surface area contributed by atoms with Crippen LogP contribution in [0, 0.1) is 6.92 Å². The van der Waals surface area contributed by atoms with Gasteiger partial charge in [-0.15, -0.1) is 0 Å². The fraction of sp³-hybridized carbons (Fsp3) is 0.556. The summed E-state index contributed by atoms with van der Waals surface area (Å²) >= 11 is 6.05. The molecule has 24 heavy (non-hydrogen) atoms. The monoisotopic (exact) mass is 350 g/mol. The molecule has 130 valence electrons. The summed E-state index contributed by atoms with van der Waals surface area (Å²) in [5, 5.41) is 9.82. The Hall–Kier alpha value is -1.59. The van der Waals surface area contributed by atoms with E-state index in [-0.39, 0.29) is 18.4 Å². The normalized spacial score (nSPS) is 24.0. The number of β-amino-alcohol motifs (C(OH)–C–C–N with tert-alkyl or cyclic N) is 1. The van der Waals surface area contributed by atoms with Crippen molar-refractivity contribution >= 4 is 23.4 Å². The molecule has 1 atom stereocenters. The van der Waals surface area contributed by atoms with Crippen LogP contribution in [-0.4, -0.2) is 58.5 Å². The van der Waals surface area contributed by atoms with Crippen molar-refractivity contribution in [2.75, 3.05) is 26.2 Å². The van der Waals surface area contributed by atoms with Gasteiger partial charge in [0, 0.05) is 30.2 Å². The quantitative estimate of drug-likeness (QED) is 0.909. The molecule has 0 saturated carbocycles. The first kappa shape index (κ1) is 17.2. The summed E-state index contributed by atoms with van der Waals surface area (Å²) in [7, 11) is 0. The van der Waals surface area contributed by atoms with E-state index in [0.717, 1.165) is 18.4 Å². The average Bonchev–Trinajstić information content (AvgIpc) is 2.98. The van der Waals surface area contributed by atoms with Crippen LogP contribution >= 0.6 is 11.6 Å². The fourth-order valence-corrected chi connectivity index (χ4v) is 4.11. The van der Waals surface area contributed by atoms with Gasteiger partial charge in [0.25, 0.3) is 5.91 Å². The van der Waals surface area contributed by atoms with Crippen molar-refractivity contribution in [1.82, 2.24) is 9.80 Å². The lowest BCUT2D eigenvalue weighted by Gasteiger charge is -2.44. The van der Waals surface area contributed by atoms with Gasteiger partial charge in [-0.25, -0.2) is 0 Å². The number of benzene rings is 1. The standard InChI is InChI=1S/C18H23ClN2O3/c1-13-12-14(4-5-15(13)19)16(23)21-9-3-7-18(21)6-2-8-20(10-11-22)17(18)24/h4-5,12,22H,2-3,6-11H2,1H3. The van der Waals surface area contributed by atoms with Crippen molar-refractivity contribution in [2.24, 2.45) is 0 Å². The summed E-state index contributed by atoms with van der Waals surface area (Å²) < 4.78 is 0. The van der Waals surface area contributed by atoms with Gasteiger partial charge in [0.1, 0.15) is 5.54 Å². The van der Waals surface area contributed by atoms with Crippen LogP contribution in [0.4, 0.5) is 0 Å². The largest absolute Gasteiger partial charge is 0.395 e. The Morgan fingerprint density at radius 1 is 1.29 bits per heavy atom. The van der Waals surface area contributed by atoms with Crippen LogP contribution < -0.4 is 0 Å². The van der Waals surface area contributed by atoms with Crippen LogP contribution in [-0.2, 0) is 4.79 Å². The third-order valence-corrected chi connectivity index (χ3v) is 5.64. The van der Waals surface area contributed by atoms with Gasteiger partial charge in [0.05, 0.1) is 6.61 Å². The first-order chi connectivity index (χ1) is 11.5. The Morgan fingerprint density at radius 2 is 2.00 bits per heavy atom. The molecule has 0 aliphatic carbocycles. The predicted octanol–water partition coefficient (Wildman–Crippen LogP) is 2.24. The minimum absolute atomic E-state index is 0.0145. The van der Waals surface area contributed by atoms with Crippen LogP contribution in [0.1, 0.15) is 41.6 Å². The molecule has 0 aromatic heterocycles. The molecule has 6 heteroatoms. The smallest absolute Gasteiger partial charge is 0.254 e. The van der Waals surface area contributed by atoms with Gasteiger partial charge in [0.15, 0.2) is 0 Å². The topological polar surface area (TPSA) is 60.9 Å². The van der Waals surface area contributed by atoms with Crippen LogP contribution in [0.15, 0.2) is 18.2 Å². The number of hydrogen-bond acceptors (Lipinski definition) is 3. The number of amides is 2. The maximum atomic E-state index is 13.1. The molecule has 1 aromatic carbocycles. The molecule has 1 N–H and O–H groups in total. The molecular formula is C18H23ClN2O3. The van der Waals surface area contributed by atoms with Gasteiger partial charge in [0.2, 0.25) is 5.91 Å². The molecule has 1 spiro atoms. The number of halogens is 1. The van der Waals surface area contributed by atoms with Crippen molar-refractivity contribution < 1.29 is 14.7 Å². The number of rotatable bonds is 3. The highest BCUT2D eigenvalue weighted by molar-refractivity contribution is 6.31. The number of hydrogen-bond donors (Lipinski definition) is 1. The molecule has 2 fully saturated rings. The van der Waals surface area contributed by atoms with E-state index in [2.05, 4.69) is 0 Å². The van der Waals surface area contributed by atoms with Crippen LogP contribution in [0.5, 0.6) is 0 Å². The molecule has 2 aliphatic heterocycles. The molecule has 2 amide bonds. The average molecular weight is 351 g/mol. The number of nitrogens with zero attached hydrogens (tertiary/aromatic N) is 2. The van der Waals surface area contributed by atoms with E-state index in [0.29, 0.717) is 43.1 Å². The first-order valence-corrected chi connectivity index (χ1v) is 8.86. The molecule has 1 unspecified atom stereocenters. The number of aryl methyl sites for hydroxylation is 1. The molecule has 1 aromatic rings. The number of aliphatic hydroxyl groups is 1. The van der Waals surface area contributed by atoms with Crippen LogP contribution in [0.2, 0.25) is 5.02 Å². The Morgan fingerprint density at radius 3 is 2.67 bits per heavy atom. The lowest BCUT2D eigenvalue weighted by atomic mass is 9.85. The van der Waals surface area contributed by atoms with Crippen molar-refractivity contribution in [2.45, 2.75) is 38.1 Å². The molecule has 0 bridgehead atoms. The predicted molar refractivity (Wildman–Crippen MR) is 92.1 cm³/mol. The van der Waals surface area contributed by atoms with E-state index in [1.165, 1.54) is 0 Å². The number of aliphatic hydroxyl groups excluding tert-OH is 1. The van der Waals surface area contributed by atoms with Crippen LogP contribution in [0.25, 0.3) is 0 Å². The third kappa shape index (κ3) is 2.80. The molecule has 0 radical (unpaired) electrons. The SMILES string of the molecule is Cc1cc(C(=O)N2CCCC23CCCN(CCO)C3=O)ccc1Cl. The summed E-state index contributed by atoms with van der Waals surface area (Å²) in [5.41, 5.74) is 0.691. The Balaban J connectivity index is 1.90.